The van der Waals surface area contributed by atoms with Crippen LogP contribution in [0.5, 0.6) is 0 Å². The molecule has 0 radical (unpaired) electrons. The summed E-state index contributed by atoms with van der Waals surface area (Å²) in [5, 5.41) is 2.69. The lowest BCUT2D eigenvalue weighted by atomic mass is 10.0. The Morgan fingerprint density at radius 3 is 2.22 bits per heavy atom. The summed E-state index contributed by atoms with van der Waals surface area (Å²) in [6.07, 6.45) is 0.317. The van der Waals surface area contributed by atoms with E-state index in [0.717, 1.165) is 19.0 Å². The highest BCUT2D eigenvalue weighted by Crippen LogP contribution is 2.21. The Morgan fingerprint density at radius 1 is 1.04 bits per heavy atom. The van der Waals surface area contributed by atoms with Gasteiger partial charge < -0.3 is 11.1 Å². The van der Waals surface area contributed by atoms with Crippen molar-refractivity contribution in [2.45, 2.75) is 12.5 Å². The lowest BCUT2D eigenvalue weighted by Gasteiger charge is -2.16. The van der Waals surface area contributed by atoms with Gasteiger partial charge in [0.05, 0.1) is 0 Å². The summed E-state index contributed by atoms with van der Waals surface area (Å²) in [5.41, 5.74) is 6.76. The van der Waals surface area contributed by atoms with Gasteiger partial charge in [-0.1, -0.05) is 66.0 Å². The number of hydrogen-bond acceptors (Lipinski definition) is 2. The normalized spacial score (nSPS) is 11.8. The van der Waals surface area contributed by atoms with Crippen molar-refractivity contribution in [2.75, 3.05) is 0 Å². The lowest BCUT2D eigenvalue weighted by molar-refractivity contribution is -0.119. The van der Waals surface area contributed by atoms with Gasteiger partial charge in [-0.3, -0.25) is 9.59 Å². The van der Waals surface area contributed by atoms with Gasteiger partial charge >= 0.3 is 0 Å². The van der Waals surface area contributed by atoms with Crippen LogP contribution < -0.4 is 11.1 Å². The molecule has 0 spiro atoms. The Balaban J connectivity index is 2.18. The predicted octanol–water partition coefficient (Wildman–Crippen LogP) is 3.80. The fourth-order valence-electron chi connectivity index (χ4n) is 2.03. The molecule has 120 valence electrons. The quantitative estimate of drug-likeness (QED) is 0.650. The van der Waals surface area contributed by atoms with Crippen molar-refractivity contribution in [3.8, 4) is 0 Å². The summed E-state index contributed by atoms with van der Waals surface area (Å²) < 4.78 is 2.39. The molecule has 0 bridgehead atoms. The van der Waals surface area contributed by atoms with Crippen molar-refractivity contribution in [1.82, 2.24) is 5.32 Å². The van der Waals surface area contributed by atoms with E-state index in [0.29, 0.717) is 12.0 Å². The molecule has 3 N–H and O–H groups in total. The summed E-state index contributed by atoms with van der Waals surface area (Å²) in [7, 11) is 0. The summed E-state index contributed by atoms with van der Waals surface area (Å²) in [4.78, 5) is 24.1. The summed E-state index contributed by atoms with van der Waals surface area (Å²) in [5.74, 6) is -0.939. The zero-order valence-corrected chi connectivity index (χ0v) is 16.6. The molecule has 7 heteroatoms. The fourth-order valence-corrected chi connectivity index (χ4v) is 3.77. The van der Waals surface area contributed by atoms with E-state index >= 15 is 0 Å². The molecular formula is C16H13Br3N2O2. The van der Waals surface area contributed by atoms with E-state index < -0.39 is 11.9 Å². The van der Waals surface area contributed by atoms with Crippen molar-refractivity contribution < 1.29 is 9.59 Å². The Hall–Kier alpha value is -1.18. The largest absolute Gasteiger partial charge is 0.368 e. The van der Waals surface area contributed by atoms with Gasteiger partial charge in [-0.15, -0.1) is 0 Å². The van der Waals surface area contributed by atoms with Gasteiger partial charge in [0.2, 0.25) is 5.91 Å². The van der Waals surface area contributed by atoms with E-state index in [1.807, 2.05) is 30.3 Å². The molecular weight excluding hydrogens is 492 g/mol. The molecule has 0 saturated carbocycles. The molecule has 2 amide bonds. The average molecular weight is 505 g/mol. The number of benzene rings is 2. The van der Waals surface area contributed by atoms with Crippen LogP contribution in [0.25, 0.3) is 0 Å². The van der Waals surface area contributed by atoms with Gasteiger partial charge in [0.1, 0.15) is 6.04 Å². The topological polar surface area (TPSA) is 72.2 Å². The van der Waals surface area contributed by atoms with Crippen LogP contribution >= 0.6 is 47.8 Å². The molecule has 0 aliphatic rings. The molecule has 1 atom stereocenters. The minimum Gasteiger partial charge on any atom is -0.368 e. The lowest BCUT2D eigenvalue weighted by Crippen LogP contribution is -2.45. The number of halogens is 3. The van der Waals surface area contributed by atoms with Crippen molar-refractivity contribution in [3.05, 3.63) is 67.0 Å². The molecule has 23 heavy (non-hydrogen) atoms. The highest BCUT2D eigenvalue weighted by atomic mass is 79.9. The van der Waals surface area contributed by atoms with Crippen molar-refractivity contribution in [2.24, 2.45) is 5.73 Å². The van der Waals surface area contributed by atoms with Crippen LogP contribution in [0.15, 0.2) is 55.9 Å². The zero-order chi connectivity index (χ0) is 17.0. The van der Waals surface area contributed by atoms with Crippen molar-refractivity contribution >= 4 is 59.6 Å². The average Bonchev–Trinajstić information content (AvgIpc) is 2.47. The highest BCUT2D eigenvalue weighted by molar-refractivity contribution is 9.11. The predicted molar refractivity (Wildman–Crippen MR) is 100 cm³/mol. The van der Waals surface area contributed by atoms with Crippen molar-refractivity contribution in [3.63, 3.8) is 0 Å². The fraction of sp³-hybridized carbons (Fsp3) is 0.125. The van der Waals surface area contributed by atoms with Gasteiger partial charge in [-0.25, -0.2) is 0 Å². The first-order valence-electron chi connectivity index (χ1n) is 6.66. The molecule has 2 aromatic rings. The minimum atomic E-state index is -0.793. The molecule has 0 saturated heterocycles. The Kier molecular flexibility index (Phi) is 6.38. The number of carbonyl (C=O) groups is 2. The van der Waals surface area contributed by atoms with Gasteiger partial charge in [0.25, 0.3) is 5.91 Å². The highest BCUT2D eigenvalue weighted by Gasteiger charge is 2.20. The Bertz CT molecular complexity index is 730. The molecule has 2 aromatic carbocycles. The van der Waals surface area contributed by atoms with E-state index in [9.17, 15) is 9.59 Å². The molecule has 0 aliphatic heterocycles. The first-order valence-corrected chi connectivity index (χ1v) is 9.04. The van der Waals surface area contributed by atoms with Crippen LogP contribution in [0.3, 0.4) is 0 Å². The first-order chi connectivity index (χ1) is 10.9. The van der Waals surface area contributed by atoms with E-state index in [1.54, 1.807) is 12.1 Å². The van der Waals surface area contributed by atoms with Gasteiger partial charge in [-0.2, -0.15) is 0 Å². The number of amides is 2. The maximum atomic E-state index is 12.4. The molecule has 0 fully saturated rings. The molecule has 0 aliphatic carbocycles. The van der Waals surface area contributed by atoms with E-state index in [-0.39, 0.29) is 5.91 Å². The number of carbonyl (C=O) groups excluding carboxylic acids is 2. The number of rotatable bonds is 5. The molecule has 0 aromatic heterocycles. The van der Waals surface area contributed by atoms with Gasteiger partial charge in [0.15, 0.2) is 0 Å². The van der Waals surface area contributed by atoms with Crippen LogP contribution in [0.4, 0.5) is 0 Å². The third kappa shape index (κ3) is 5.16. The molecule has 0 heterocycles. The second-order valence-electron chi connectivity index (χ2n) is 4.88. The zero-order valence-electron chi connectivity index (χ0n) is 11.9. The van der Waals surface area contributed by atoms with Crippen LogP contribution in [-0.4, -0.2) is 17.9 Å². The SMILES string of the molecule is NC(=O)[C@H](Cc1ccccc1Br)NC(=O)c1cc(Br)cc(Br)c1. The van der Waals surface area contributed by atoms with Gasteiger partial charge in [0, 0.05) is 25.4 Å². The monoisotopic (exact) mass is 502 g/mol. The maximum Gasteiger partial charge on any atom is 0.252 e. The molecule has 0 unspecified atom stereocenters. The van der Waals surface area contributed by atoms with E-state index in [2.05, 4.69) is 53.1 Å². The Morgan fingerprint density at radius 2 is 1.65 bits per heavy atom. The van der Waals surface area contributed by atoms with Crippen LogP contribution in [-0.2, 0) is 11.2 Å². The standard InChI is InChI=1S/C16H13Br3N2O2/c17-11-5-10(6-12(18)8-11)16(23)21-14(15(20)22)7-9-3-1-2-4-13(9)19/h1-6,8,14H,7H2,(H2,20,22)(H,21,23)/t14-/m0/s1. The Labute approximate surface area is 159 Å². The number of nitrogens with one attached hydrogen (secondary N) is 1. The number of hydrogen-bond donors (Lipinski definition) is 2. The van der Waals surface area contributed by atoms with Crippen LogP contribution in [0.1, 0.15) is 15.9 Å². The third-order valence-electron chi connectivity index (χ3n) is 3.16. The smallest absolute Gasteiger partial charge is 0.252 e. The van der Waals surface area contributed by atoms with Crippen LogP contribution in [0.2, 0.25) is 0 Å². The third-order valence-corrected chi connectivity index (χ3v) is 4.84. The second-order valence-corrected chi connectivity index (χ2v) is 7.57. The van der Waals surface area contributed by atoms with E-state index in [1.165, 1.54) is 0 Å². The van der Waals surface area contributed by atoms with Crippen LogP contribution in [0, 0.1) is 0 Å². The van der Waals surface area contributed by atoms with Gasteiger partial charge in [-0.05, 0) is 29.8 Å². The van der Waals surface area contributed by atoms with E-state index in [4.69, 9.17) is 5.73 Å². The molecule has 2 rings (SSSR count). The molecule has 4 nitrogen and oxygen atoms in total. The summed E-state index contributed by atoms with van der Waals surface area (Å²) >= 11 is 10.1. The first kappa shape index (κ1) is 18.2. The number of primary amides is 1. The van der Waals surface area contributed by atoms with Crippen molar-refractivity contribution in [1.29, 1.82) is 0 Å². The minimum absolute atomic E-state index is 0.317. The maximum absolute atomic E-state index is 12.4. The second kappa shape index (κ2) is 8.08. The number of nitrogens with two attached hydrogens (primary N) is 1. The summed E-state index contributed by atoms with van der Waals surface area (Å²) in [6.45, 7) is 0. The summed E-state index contributed by atoms with van der Waals surface area (Å²) in [6, 6.07) is 11.9.